The molecule has 28 heteroatoms. The molecule has 0 heterocycles. The average Bonchev–Trinajstić information content (AvgIpc) is 3.62. The second-order valence-corrected chi connectivity index (χ2v) is 18.4. The van der Waals surface area contributed by atoms with E-state index in [1.807, 2.05) is 13.0 Å². The van der Waals surface area contributed by atoms with E-state index in [2.05, 4.69) is 39.7 Å². The third-order valence-corrected chi connectivity index (χ3v) is 11.5. The van der Waals surface area contributed by atoms with E-state index in [4.69, 9.17) is 50.6 Å². The summed E-state index contributed by atoms with van der Waals surface area (Å²) in [6, 6.07) is 35.8. The van der Waals surface area contributed by atoms with Gasteiger partial charge in [-0.05, 0) is 160 Å². The number of carbonyl (C=O) groups is 5. The Bertz CT molecular complexity index is 3520. The number of carboxylic acid groups (broad SMARTS) is 1. The number of unbranched alkanes of at least 4 members (excludes halogenated alkanes) is 4. The summed E-state index contributed by atoms with van der Waals surface area (Å²) in [4.78, 5) is 74.7. The minimum Gasteiger partial charge on any atom is -0.744 e. The molecule has 0 radical (unpaired) electrons. The van der Waals surface area contributed by atoms with Gasteiger partial charge in [0.1, 0.15) is 38.7 Å². The number of benzene rings is 6. The molecule has 0 amide bonds. The summed E-state index contributed by atoms with van der Waals surface area (Å²) < 4.78 is 91.2. The van der Waals surface area contributed by atoms with Crippen molar-refractivity contribution >= 4 is 79.5 Å². The molecule has 24 nitrogen and oxygen atoms in total. The standard InChI is InChI=1S/C29H27N2O7.C28H28N2O8S.CO2.2Na.O3S/c1-3-27(32)37-18-6-4-5-17-36-24-14-9-21(10-15-24)29(35)38-26-16-13-23(19-25(26)28(33)34)31-30-22-11-7-20(2)8-12-22;1-3-27(31)37-18-6-4-5-17-36-24-13-8-21(9-14-24)28(32)38-25-15-11-22(12-16-25)29-30-23-10-7-20(2)26(19-23)39(33,34)35;2-1-3;;;1-4(2)3/h3,7,9-16,19H,1,4-6,17-18H2,2H3,(H,33,34);3,7-16,19H,1,4-6,17-18H2,2H3,(H,33,34,35);;;;/q-1;;;2*+1;/p-1. The Balaban J connectivity index is 0.000000760. The minimum atomic E-state index is -4.61. The number of rotatable bonds is 26. The summed E-state index contributed by atoms with van der Waals surface area (Å²) in [5.74, 6) is -2.00. The van der Waals surface area contributed by atoms with Crippen molar-refractivity contribution in [2.24, 2.45) is 20.5 Å². The normalized spacial score (nSPS) is 10.2. The summed E-state index contributed by atoms with van der Waals surface area (Å²) in [5, 5.41) is 25.7. The first-order valence-corrected chi connectivity index (χ1v) is 27.2. The molecular weight excluding hydrogens is 1180 g/mol. The van der Waals surface area contributed by atoms with Crippen molar-refractivity contribution in [3.8, 4) is 23.0 Å². The monoisotopic (exact) mass is 1240 g/mol. The van der Waals surface area contributed by atoms with Crippen LogP contribution in [0.25, 0.3) is 0 Å². The van der Waals surface area contributed by atoms with Crippen molar-refractivity contribution in [1.29, 1.82) is 0 Å². The Morgan fingerprint density at radius 2 is 0.988 bits per heavy atom. The van der Waals surface area contributed by atoms with E-state index in [0.29, 0.717) is 71.9 Å². The van der Waals surface area contributed by atoms with Crippen LogP contribution in [0.15, 0.2) is 178 Å². The molecule has 0 aliphatic rings. The smallest absolute Gasteiger partial charge is 0.744 e. The molecule has 0 atom stereocenters. The maximum Gasteiger partial charge on any atom is 1.00 e. The van der Waals surface area contributed by atoms with Crippen molar-refractivity contribution in [2.75, 3.05) is 26.4 Å². The largest absolute Gasteiger partial charge is 1.00 e. The number of nitrogens with zero attached hydrogens (tertiary/aromatic N) is 4. The van der Waals surface area contributed by atoms with Gasteiger partial charge in [-0.1, -0.05) is 26.1 Å². The Morgan fingerprint density at radius 3 is 1.44 bits per heavy atom. The van der Waals surface area contributed by atoms with Gasteiger partial charge in [0.2, 0.25) is 0 Å². The van der Waals surface area contributed by atoms with Crippen molar-refractivity contribution in [3.05, 3.63) is 187 Å². The Morgan fingerprint density at radius 1 is 0.581 bits per heavy atom. The van der Waals surface area contributed by atoms with E-state index in [9.17, 15) is 42.0 Å². The van der Waals surface area contributed by atoms with Crippen LogP contribution in [-0.2, 0) is 49.4 Å². The van der Waals surface area contributed by atoms with Gasteiger partial charge in [-0.3, -0.25) is 0 Å². The zero-order chi connectivity index (χ0) is 61.9. The van der Waals surface area contributed by atoms with Crippen molar-refractivity contribution in [3.63, 3.8) is 0 Å². The third kappa shape index (κ3) is 30.6. The second-order valence-electron chi connectivity index (χ2n) is 16.7. The maximum atomic E-state index is 12.6. The van der Waals surface area contributed by atoms with Crippen LogP contribution in [0, 0.1) is 19.9 Å². The number of aryl methyl sites for hydroxylation is 2. The molecule has 6 rings (SSSR count). The number of aromatic carboxylic acids is 1. The fourth-order valence-electron chi connectivity index (χ4n) is 6.43. The van der Waals surface area contributed by atoms with Crippen LogP contribution in [-0.4, -0.2) is 93.1 Å². The Kier molecular flexibility index (Phi) is 36.9. The third-order valence-electron chi connectivity index (χ3n) is 10.5. The van der Waals surface area contributed by atoms with Gasteiger partial charge in [0.05, 0.1) is 59.5 Å². The van der Waals surface area contributed by atoms with Crippen LogP contribution in [0.1, 0.15) is 80.7 Å². The molecule has 6 aromatic carbocycles. The summed E-state index contributed by atoms with van der Waals surface area (Å²) in [7, 11) is -7.73. The summed E-state index contributed by atoms with van der Waals surface area (Å²) in [5.41, 5.74) is 3.16. The molecular formula is C58H54N4Na2O20S2. The first-order valence-electron chi connectivity index (χ1n) is 24.8. The van der Waals surface area contributed by atoms with E-state index in [0.717, 1.165) is 56.2 Å². The number of ether oxygens (including phenoxy) is 6. The molecule has 0 aromatic heterocycles. The summed E-state index contributed by atoms with van der Waals surface area (Å²) >= 11 is 0. The van der Waals surface area contributed by atoms with E-state index in [1.165, 1.54) is 49.4 Å². The minimum absolute atomic E-state index is 0. The maximum absolute atomic E-state index is 12.6. The van der Waals surface area contributed by atoms with Gasteiger partial charge in [-0.15, -0.1) is 24.8 Å². The predicted octanol–water partition coefficient (Wildman–Crippen LogP) is 4.64. The summed E-state index contributed by atoms with van der Waals surface area (Å²) in [6.45, 7) is 11.7. The van der Waals surface area contributed by atoms with Gasteiger partial charge >= 0.3 is 106 Å². The molecule has 0 bridgehead atoms. The van der Waals surface area contributed by atoms with E-state index < -0.39 is 50.6 Å². The molecule has 0 aliphatic carbocycles. The molecule has 0 aliphatic heterocycles. The van der Waals surface area contributed by atoms with Crippen LogP contribution in [0.4, 0.5) is 22.7 Å². The fraction of sp³-hybridized carbons (Fsp3) is 0.207. The SMILES string of the molecule is C=CC(=O)OCCCCCOc1ccc(C(=O)Oc2ccc(N=Nc3c[c-]c(C)cc3)cc2C(=O)O)cc1.C=CC(=O)OCCCCCOc1ccc(C(=O)Oc2ccc(N=Nc3ccc(C)c(S(=O)(=O)[O-])c3)cc2)cc1.O=C=O.O=S(=O)=O.[Na+].[Na+]. The number of hydrogen-bond donors (Lipinski definition) is 1. The number of hydrogen-bond acceptors (Lipinski definition) is 23. The fourth-order valence-corrected chi connectivity index (χ4v) is 7.16. The molecule has 0 saturated carbocycles. The van der Waals surface area contributed by atoms with E-state index >= 15 is 0 Å². The number of carbonyl (C=O) groups excluding carboxylic acids is 6. The molecule has 440 valence electrons. The summed E-state index contributed by atoms with van der Waals surface area (Å²) in [6.07, 6.45) is 7.20. The van der Waals surface area contributed by atoms with Crippen LogP contribution in [0.5, 0.6) is 23.0 Å². The van der Waals surface area contributed by atoms with Gasteiger partial charge in [-0.2, -0.15) is 42.6 Å². The first-order chi connectivity index (χ1) is 40.1. The number of azo groups is 2. The predicted molar refractivity (Wildman–Crippen MR) is 296 cm³/mol. The van der Waals surface area contributed by atoms with Crippen molar-refractivity contribution in [2.45, 2.75) is 57.3 Å². The molecule has 86 heavy (non-hydrogen) atoms. The van der Waals surface area contributed by atoms with E-state index in [1.54, 1.807) is 78.9 Å². The van der Waals surface area contributed by atoms with Gasteiger partial charge in [-0.25, -0.2) is 37.5 Å². The molecule has 0 spiro atoms. The molecule has 0 fully saturated rings. The Hall–Kier alpha value is -8.14. The van der Waals surface area contributed by atoms with Gasteiger partial charge in [0.15, 0.2) is 0 Å². The van der Waals surface area contributed by atoms with Crippen molar-refractivity contribution < 1.29 is 152 Å². The number of carboxylic acids is 1. The molecule has 6 aromatic rings. The molecule has 1 N–H and O–H groups in total. The van der Waals surface area contributed by atoms with Crippen LogP contribution in [0.3, 0.4) is 0 Å². The van der Waals surface area contributed by atoms with Crippen molar-refractivity contribution in [1.82, 2.24) is 0 Å². The van der Waals surface area contributed by atoms with Gasteiger partial charge in [0, 0.05) is 12.2 Å². The molecule has 0 saturated heterocycles. The quantitative estimate of drug-likeness (QED) is 0.0113. The molecule has 0 unspecified atom stereocenters. The van der Waals surface area contributed by atoms with Crippen LogP contribution in [0.2, 0.25) is 0 Å². The van der Waals surface area contributed by atoms with Gasteiger partial charge < -0.3 is 38.1 Å². The zero-order valence-electron chi connectivity index (χ0n) is 47.1. The van der Waals surface area contributed by atoms with E-state index in [-0.39, 0.29) is 92.7 Å². The van der Waals surface area contributed by atoms with Crippen LogP contribution < -0.4 is 78.1 Å². The Labute approximate surface area is 540 Å². The first kappa shape index (κ1) is 75.9. The van der Waals surface area contributed by atoms with Gasteiger partial charge in [0.25, 0.3) is 0 Å². The topological polar surface area (TPSA) is 353 Å². The zero-order valence-corrected chi connectivity index (χ0v) is 52.7. The average molecular weight is 1240 g/mol. The van der Waals surface area contributed by atoms with Crippen LogP contribution >= 0.6 is 0 Å². The number of esters is 4. The second kappa shape index (κ2) is 41.8.